The van der Waals surface area contributed by atoms with E-state index >= 15 is 0 Å². The van der Waals surface area contributed by atoms with Gasteiger partial charge < -0.3 is 34.6 Å². The lowest BCUT2D eigenvalue weighted by atomic mass is 9.64. The lowest BCUT2D eigenvalue weighted by molar-refractivity contribution is -0.182. The number of imidazole rings is 1. The van der Waals surface area contributed by atoms with E-state index in [1.807, 2.05) is 0 Å². The second kappa shape index (κ2) is 11.2. The van der Waals surface area contributed by atoms with Gasteiger partial charge in [0.25, 0.3) is 0 Å². The first-order chi connectivity index (χ1) is 20.6. The Bertz CT molecular complexity index is 1680. The van der Waals surface area contributed by atoms with Crippen LogP contribution in [-0.4, -0.2) is 67.8 Å². The van der Waals surface area contributed by atoms with Crippen LogP contribution in [0, 0.1) is 5.41 Å². The fourth-order valence-electron chi connectivity index (χ4n) is 5.20. The van der Waals surface area contributed by atoms with Crippen LogP contribution in [0.2, 0.25) is 5.02 Å². The van der Waals surface area contributed by atoms with E-state index in [-0.39, 0.29) is 63.6 Å². The van der Waals surface area contributed by atoms with Gasteiger partial charge in [0.15, 0.2) is 28.7 Å². The predicted octanol–water partition coefficient (Wildman–Crippen LogP) is 4.08. The molecule has 0 bridgehead atoms. The average Bonchev–Trinajstić information content (AvgIpc) is 3.49. The van der Waals surface area contributed by atoms with Crippen molar-refractivity contribution in [3.05, 3.63) is 47.3 Å². The van der Waals surface area contributed by atoms with Gasteiger partial charge >= 0.3 is 6.18 Å². The molecular formula is C26H27ClF3N9O4. The highest BCUT2D eigenvalue weighted by molar-refractivity contribution is 6.36. The Labute approximate surface area is 247 Å². The molecule has 2 aliphatic rings. The summed E-state index contributed by atoms with van der Waals surface area (Å²) in [4.78, 5) is 17.2. The highest BCUT2D eigenvalue weighted by atomic mass is 35.5. The van der Waals surface area contributed by atoms with Gasteiger partial charge in [-0.25, -0.2) is 15.0 Å². The number of rotatable bonds is 10. The number of hydrogen-bond donors (Lipinski definition) is 2. The third kappa shape index (κ3) is 5.41. The fraction of sp³-hybridized carbons (Fsp3) is 0.423. The highest BCUT2D eigenvalue weighted by Crippen LogP contribution is 2.54. The van der Waals surface area contributed by atoms with Crippen molar-refractivity contribution < 1.29 is 32.1 Å². The first-order valence-corrected chi connectivity index (χ1v) is 13.6. The SMILES string of the molecule is COCCOc1nccnc1C(=CN)Oc1cnc2nc(Nc3cc(C(F)(F)F)n(C4CC5(COC5)C4)n3)n(C)c2c1Cl. The molecule has 1 saturated carbocycles. The van der Waals surface area contributed by atoms with Crippen molar-refractivity contribution in [3.8, 4) is 11.6 Å². The molecule has 0 amide bonds. The van der Waals surface area contributed by atoms with E-state index in [1.165, 1.54) is 24.8 Å². The minimum Gasteiger partial charge on any atom is -0.474 e. The highest BCUT2D eigenvalue weighted by Gasteiger charge is 2.52. The number of aromatic nitrogens is 7. The molecule has 5 heterocycles. The zero-order chi connectivity index (χ0) is 30.4. The monoisotopic (exact) mass is 621 g/mol. The van der Waals surface area contributed by atoms with Crippen molar-refractivity contribution in [2.24, 2.45) is 18.2 Å². The number of methoxy groups -OCH3 is 1. The number of hydrogen-bond acceptors (Lipinski definition) is 11. The maximum Gasteiger partial charge on any atom is 0.433 e. The third-order valence-corrected chi connectivity index (χ3v) is 7.73. The summed E-state index contributed by atoms with van der Waals surface area (Å²) in [6.45, 7) is 1.69. The minimum atomic E-state index is -4.58. The Kier molecular flexibility index (Phi) is 7.52. The molecule has 43 heavy (non-hydrogen) atoms. The van der Waals surface area contributed by atoms with Crippen LogP contribution in [0.1, 0.15) is 30.3 Å². The molecule has 3 N–H and O–H groups in total. The number of pyridine rings is 1. The van der Waals surface area contributed by atoms with E-state index in [9.17, 15) is 13.2 Å². The van der Waals surface area contributed by atoms with E-state index in [2.05, 4.69) is 30.4 Å². The second-order valence-corrected chi connectivity index (χ2v) is 10.7. The van der Waals surface area contributed by atoms with Crippen molar-refractivity contribution in [1.29, 1.82) is 0 Å². The molecule has 1 saturated heterocycles. The van der Waals surface area contributed by atoms with E-state index in [0.29, 0.717) is 38.2 Å². The zero-order valence-electron chi connectivity index (χ0n) is 23.1. The molecular weight excluding hydrogens is 595 g/mol. The summed E-state index contributed by atoms with van der Waals surface area (Å²) < 4.78 is 66.1. The van der Waals surface area contributed by atoms with Gasteiger partial charge in [0.05, 0.1) is 32.1 Å². The molecule has 0 unspecified atom stereocenters. The number of nitrogens with zero attached hydrogens (tertiary/aromatic N) is 7. The standard InChI is InChI=1S/C26H27ClF3N9O4/c1-38-21-19(27)16(43-15(10-31)20-23(33-4-3-32-20)42-6-5-40-2)11-34-22(21)36-24(38)35-18-7-17(26(28,29)30)39(37-18)14-8-25(9-14)12-41-13-25/h3-4,7,10-11,14H,5-6,8-9,12-13,31H2,1-2H3,(H,34,35,36,37). The summed E-state index contributed by atoms with van der Waals surface area (Å²) in [5.41, 5.74) is 5.79. The van der Waals surface area contributed by atoms with Gasteiger partial charge in [0.1, 0.15) is 22.8 Å². The first kappa shape index (κ1) is 28.9. The van der Waals surface area contributed by atoms with Crippen molar-refractivity contribution in [2.45, 2.75) is 25.1 Å². The molecule has 13 nitrogen and oxygen atoms in total. The van der Waals surface area contributed by atoms with E-state index < -0.39 is 11.9 Å². The summed E-state index contributed by atoms with van der Waals surface area (Å²) in [6.07, 6.45) is 2.02. The number of nitrogens with two attached hydrogens (primary N) is 1. The van der Waals surface area contributed by atoms with Gasteiger partial charge in [0, 0.05) is 44.2 Å². The van der Waals surface area contributed by atoms with Crippen molar-refractivity contribution in [1.82, 2.24) is 34.3 Å². The van der Waals surface area contributed by atoms with Crippen LogP contribution in [0.3, 0.4) is 0 Å². The Hall–Kier alpha value is -4.15. The Morgan fingerprint density at radius 2 is 2.00 bits per heavy atom. The molecule has 1 aliphatic heterocycles. The van der Waals surface area contributed by atoms with Gasteiger partial charge in [-0.3, -0.25) is 4.68 Å². The largest absolute Gasteiger partial charge is 0.474 e. The normalized spacial score (nSPS) is 16.7. The Morgan fingerprint density at radius 3 is 2.67 bits per heavy atom. The lowest BCUT2D eigenvalue weighted by Crippen LogP contribution is -2.53. The quantitative estimate of drug-likeness (QED) is 0.195. The number of aryl methyl sites for hydroxylation is 1. The molecule has 2 fully saturated rings. The minimum absolute atomic E-state index is 0.0128. The molecule has 4 aromatic rings. The molecule has 1 aliphatic carbocycles. The van der Waals surface area contributed by atoms with Crippen LogP contribution in [0.5, 0.6) is 11.6 Å². The van der Waals surface area contributed by atoms with Crippen LogP contribution in [0.15, 0.2) is 30.9 Å². The van der Waals surface area contributed by atoms with Gasteiger partial charge in [-0.2, -0.15) is 23.3 Å². The average molecular weight is 622 g/mol. The van der Waals surface area contributed by atoms with Crippen molar-refractivity contribution >= 4 is 40.3 Å². The van der Waals surface area contributed by atoms with Crippen LogP contribution in [0.4, 0.5) is 24.9 Å². The van der Waals surface area contributed by atoms with Crippen LogP contribution in [0.25, 0.3) is 16.9 Å². The third-order valence-electron chi connectivity index (χ3n) is 7.37. The second-order valence-electron chi connectivity index (χ2n) is 10.3. The lowest BCUT2D eigenvalue weighted by Gasteiger charge is -2.53. The first-order valence-electron chi connectivity index (χ1n) is 13.2. The fourth-order valence-corrected chi connectivity index (χ4v) is 5.50. The maximum atomic E-state index is 13.9. The van der Waals surface area contributed by atoms with E-state index in [4.69, 9.17) is 36.3 Å². The van der Waals surface area contributed by atoms with Gasteiger partial charge in [0.2, 0.25) is 11.8 Å². The summed E-state index contributed by atoms with van der Waals surface area (Å²) in [7, 11) is 3.17. The topological polar surface area (TPSA) is 149 Å². The molecule has 1 spiro atoms. The molecule has 4 aromatic heterocycles. The number of nitrogens with one attached hydrogen (secondary N) is 1. The van der Waals surface area contributed by atoms with Crippen LogP contribution >= 0.6 is 11.6 Å². The summed E-state index contributed by atoms with van der Waals surface area (Å²) in [5, 5.41) is 7.26. The van der Waals surface area contributed by atoms with Gasteiger partial charge in [-0.1, -0.05) is 11.6 Å². The summed E-state index contributed by atoms with van der Waals surface area (Å²) in [6, 6.07) is 0.605. The van der Waals surface area contributed by atoms with Crippen molar-refractivity contribution in [3.63, 3.8) is 0 Å². The zero-order valence-corrected chi connectivity index (χ0v) is 23.8. The smallest absolute Gasteiger partial charge is 0.433 e. The maximum absolute atomic E-state index is 13.9. The van der Waals surface area contributed by atoms with Crippen molar-refractivity contribution in [2.75, 3.05) is 38.9 Å². The van der Waals surface area contributed by atoms with E-state index in [1.54, 1.807) is 18.7 Å². The summed E-state index contributed by atoms with van der Waals surface area (Å²) in [5.74, 6) is 0.553. The number of fused-ring (bicyclic) bond motifs is 1. The molecule has 228 valence electrons. The summed E-state index contributed by atoms with van der Waals surface area (Å²) >= 11 is 6.71. The predicted molar refractivity (Wildman–Crippen MR) is 148 cm³/mol. The number of alkyl halides is 3. The Morgan fingerprint density at radius 1 is 1.23 bits per heavy atom. The molecule has 17 heteroatoms. The van der Waals surface area contributed by atoms with Crippen LogP contribution in [-0.2, 0) is 22.7 Å². The molecule has 0 aromatic carbocycles. The number of anilines is 2. The number of halogens is 4. The van der Waals surface area contributed by atoms with Crippen LogP contribution < -0.4 is 20.5 Å². The number of ether oxygens (including phenoxy) is 4. The van der Waals surface area contributed by atoms with E-state index in [0.717, 1.165) is 10.7 Å². The van der Waals surface area contributed by atoms with Gasteiger partial charge in [-0.05, 0) is 12.8 Å². The Balaban J connectivity index is 1.26. The molecule has 6 rings (SSSR count). The molecule has 0 radical (unpaired) electrons. The van der Waals surface area contributed by atoms with Gasteiger partial charge in [-0.15, -0.1) is 0 Å². The molecule has 0 atom stereocenters.